The van der Waals surface area contributed by atoms with Crippen molar-refractivity contribution in [1.29, 1.82) is 0 Å². The van der Waals surface area contributed by atoms with Crippen molar-refractivity contribution in [2.45, 2.75) is 62.9 Å². The molecule has 3 aliphatic rings. The van der Waals surface area contributed by atoms with E-state index in [0.29, 0.717) is 35.7 Å². The van der Waals surface area contributed by atoms with Gasteiger partial charge in [0.15, 0.2) is 18.2 Å². The van der Waals surface area contributed by atoms with Crippen LogP contribution in [-0.4, -0.2) is 48.7 Å². The van der Waals surface area contributed by atoms with Crippen molar-refractivity contribution >= 4 is 42.0 Å². The third kappa shape index (κ3) is 7.85. The fourth-order valence-corrected chi connectivity index (χ4v) is 6.79. The fraction of sp³-hybridized carbons (Fsp3) is 0.333. The highest BCUT2D eigenvalue weighted by atomic mass is 16.6. The number of hydrogen-bond donors (Lipinski definition) is 0. The maximum atomic E-state index is 12.6. The van der Waals surface area contributed by atoms with Crippen LogP contribution in [0.25, 0.3) is 6.08 Å². The Morgan fingerprint density at radius 1 is 0.776 bits per heavy atom. The zero-order valence-electron chi connectivity index (χ0n) is 26.8. The second-order valence-electron chi connectivity index (χ2n) is 12.5. The molecule has 0 spiro atoms. The Bertz CT molecular complexity index is 1760. The van der Waals surface area contributed by atoms with E-state index in [1.54, 1.807) is 48.5 Å². The van der Waals surface area contributed by atoms with Gasteiger partial charge in [0.05, 0.1) is 30.8 Å². The molecule has 3 aromatic rings. The van der Waals surface area contributed by atoms with Gasteiger partial charge >= 0.3 is 23.9 Å². The van der Waals surface area contributed by atoms with Gasteiger partial charge < -0.3 is 18.9 Å². The summed E-state index contributed by atoms with van der Waals surface area (Å²) in [7, 11) is 0. The molecule has 0 radical (unpaired) electrons. The standard InChI is InChI=1S/C39H36O10/c40-23-28(47-26-14-11-24(12-15-26)13-18-34(41)25-8-4-3-5-9-25)10-6-1-2-7-19-46-27-16-17-29-30(32-22-35(42)48-37(32)43)21-33-36(31(29)20-27)39(45)49-38(33)44/h3-5,8-9,11-18,20,23,28,30,32-33,36H,1-2,6-7,10,19,21-22H2. The zero-order valence-corrected chi connectivity index (χ0v) is 26.8. The molecule has 1 aliphatic carbocycles. The molecule has 0 aromatic heterocycles. The molecule has 0 N–H and O–H groups in total. The summed E-state index contributed by atoms with van der Waals surface area (Å²) < 4.78 is 21.6. The molecular weight excluding hydrogens is 628 g/mol. The van der Waals surface area contributed by atoms with Crippen molar-refractivity contribution < 1.29 is 47.7 Å². The molecule has 2 fully saturated rings. The van der Waals surface area contributed by atoms with Crippen molar-refractivity contribution in [3.63, 3.8) is 0 Å². The summed E-state index contributed by atoms with van der Waals surface area (Å²) >= 11 is 0. The predicted octanol–water partition coefficient (Wildman–Crippen LogP) is 5.92. The number of carbonyl (C=O) groups excluding carboxylic acids is 6. The third-order valence-electron chi connectivity index (χ3n) is 9.31. The Balaban J connectivity index is 0.944. The Morgan fingerprint density at radius 3 is 2.24 bits per heavy atom. The average molecular weight is 665 g/mol. The molecule has 252 valence electrons. The summed E-state index contributed by atoms with van der Waals surface area (Å²) in [4.78, 5) is 73.2. The molecule has 0 bridgehead atoms. The molecule has 2 heterocycles. The first-order valence-electron chi connectivity index (χ1n) is 16.6. The molecule has 2 aliphatic heterocycles. The summed E-state index contributed by atoms with van der Waals surface area (Å²) in [6, 6.07) is 21.6. The van der Waals surface area contributed by atoms with E-state index >= 15 is 0 Å². The number of aldehydes is 1. The number of cyclic esters (lactones) is 4. The van der Waals surface area contributed by atoms with Crippen molar-refractivity contribution in [3.8, 4) is 11.5 Å². The number of ketones is 1. The van der Waals surface area contributed by atoms with Gasteiger partial charge in [-0.1, -0.05) is 67.4 Å². The second-order valence-corrected chi connectivity index (χ2v) is 12.5. The van der Waals surface area contributed by atoms with E-state index in [0.717, 1.165) is 43.1 Å². The van der Waals surface area contributed by atoms with Crippen LogP contribution in [0.4, 0.5) is 0 Å². The number of allylic oxidation sites excluding steroid dienone is 1. The van der Waals surface area contributed by atoms with E-state index in [4.69, 9.17) is 18.9 Å². The second kappa shape index (κ2) is 15.2. The maximum Gasteiger partial charge on any atom is 0.321 e. The van der Waals surface area contributed by atoms with Crippen LogP contribution in [-0.2, 0) is 33.4 Å². The molecule has 10 nitrogen and oxygen atoms in total. The number of hydrogen-bond acceptors (Lipinski definition) is 10. The fourth-order valence-electron chi connectivity index (χ4n) is 6.79. The SMILES string of the molecule is O=CC(CCCCCCOc1ccc2c(c1)C1C(=O)OC(=O)C1CC2C1CC(=O)OC1=O)Oc1ccc(C=CC(=O)c2ccccc2)cc1. The first kappa shape index (κ1) is 33.5. The van der Waals surface area contributed by atoms with E-state index < -0.39 is 53.7 Å². The Morgan fingerprint density at radius 2 is 1.51 bits per heavy atom. The molecule has 3 aromatic carbocycles. The summed E-state index contributed by atoms with van der Waals surface area (Å²) in [5.74, 6) is -4.04. The van der Waals surface area contributed by atoms with Crippen LogP contribution in [0.1, 0.15) is 83.8 Å². The number of unbranched alkanes of at least 4 members (excludes halogenated alkanes) is 3. The van der Waals surface area contributed by atoms with Crippen molar-refractivity contribution in [3.05, 3.63) is 101 Å². The minimum atomic E-state index is -0.770. The lowest BCUT2D eigenvalue weighted by Gasteiger charge is -2.33. The van der Waals surface area contributed by atoms with E-state index in [-0.39, 0.29) is 18.6 Å². The van der Waals surface area contributed by atoms with E-state index in [2.05, 4.69) is 0 Å². The van der Waals surface area contributed by atoms with E-state index in [1.165, 1.54) is 6.08 Å². The van der Waals surface area contributed by atoms with Crippen molar-refractivity contribution in [2.75, 3.05) is 6.61 Å². The van der Waals surface area contributed by atoms with Gasteiger partial charge in [0.25, 0.3) is 0 Å². The molecule has 5 unspecified atom stereocenters. The molecule has 49 heavy (non-hydrogen) atoms. The van der Waals surface area contributed by atoms with Crippen LogP contribution in [0.2, 0.25) is 0 Å². The maximum absolute atomic E-state index is 12.6. The Labute approximate surface area is 283 Å². The largest absolute Gasteiger partial charge is 0.494 e. The van der Waals surface area contributed by atoms with E-state index in [1.807, 2.05) is 30.3 Å². The monoisotopic (exact) mass is 664 g/mol. The normalized spacial score (nSPS) is 21.9. The first-order chi connectivity index (χ1) is 23.8. The third-order valence-corrected chi connectivity index (χ3v) is 9.31. The van der Waals surface area contributed by atoms with Crippen LogP contribution in [0.5, 0.6) is 11.5 Å². The van der Waals surface area contributed by atoms with Gasteiger partial charge in [-0.25, -0.2) is 0 Å². The molecular formula is C39H36O10. The molecule has 5 atom stereocenters. The number of esters is 4. The smallest absolute Gasteiger partial charge is 0.321 e. The molecule has 6 rings (SSSR count). The van der Waals surface area contributed by atoms with Crippen LogP contribution in [0.15, 0.2) is 78.9 Å². The highest BCUT2D eigenvalue weighted by Gasteiger charge is 2.53. The summed E-state index contributed by atoms with van der Waals surface area (Å²) in [6.45, 7) is 0.425. The molecule has 2 saturated heterocycles. The Kier molecular flexibility index (Phi) is 10.4. The van der Waals surface area contributed by atoms with Crippen molar-refractivity contribution in [1.82, 2.24) is 0 Å². The van der Waals surface area contributed by atoms with Crippen LogP contribution in [0.3, 0.4) is 0 Å². The lowest BCUT2D eigenvalue weighted by atomic mass is 9.67. The number of carbonyl (C=O) groups is 6. The number of rotatable bonds is 15. The molecule has 0 amide bonds. The quantitative estimate of drug-likeness (QED) is 0.0481. The predicted molar refractivity (Wildman–Crippen MR) is 176 cm³/mol. The Hall–Kier alpha value is -5.38. The topological polar surface area (TPSA) is 139 Å². The van der Waals surface area contributed by atoms with Gasteiger partial charge in [0, 0.05) is 5.56 Å². The average Bonchev–Trinajstić information content (AvgIpc) is 3.61. The molecule has 0 saturated carbocycles. The summed E-state index contributed by atoms with van der Waals surface area (Å²) in [6.07, 6.45) is 7.53. The minimum Gasteiger partial charge on any atom is -0.494 e. The first-order valence-corrected chi connectivity index (χ1v) is 16.6. The van der Waals surface area contributed by atoms with Gasteiger partial charge in [-0.3, -0.25) is 28.8 Å². The van der Waals surface area contributed by atoms with Crippen LogP contribution in [0, 0.1) is 11.8 Å². The lowest BCUT2D eigenvalue weighted by molar-refractivity contribution is -0.155. The van der Waals surface area contributed by atoms with Gasteiger partial charge in [0.1, 0.15) is 11.5 Å². The summed E-state index contributed by atoms with van der Waals surface area (Å²) in [5, 5.41) is 0. The van der Waals surface area contributed by atoms with Gasteiger partial charge in [-0.2, -0.15) is 0 Å². The van der Waals surface area contributed by atoms with Crippen molar-refractivity contribution in [2.24, 2.45) is 11.8 Å². The number of benzene rings is 3. The number of fused-ring (bicyclic) bond motifs is 3. The zero-order chi connectivity index (χ0) is 34.3. The summed E-state index contributed by atoms with van der Waals surface area (Å²) in [5.41, 5.74) is 2.78. The van der Waals surface area contributed by atoms with E-state index in [9.17, 15) is 28.8 Å². The van der Waals surface area contributed by atoms with Crippen LogP contribution < -0.4 is 9.47 Å². The lowest BCUT2D eigenvalue weighted by Crippen LogP contribution is -2.31. The highest BCUT2D eigenvalue weighted by molar-refractivity contribution is 6.06. The highest BCUT2D eigenvalue weighted by Crippen LogP contribution is 2.51. The van der Waals surface area contributed by atoms with Gasteiger partial charge in [0.2, 0.25) is 0 Å². The van der Waals surface area contributed by atoms with Crippen LogP contribution >= 0.6 is 0 Å². The van der Waals surface area contributed by atoms with Gasteiger partial charge in [-0.05, 0) is 78.6 Å². The minimum absolute atomic E-state index is 0.0633. The van der Waals surface area contributed by atoms with Gasteiger partial charge in [-0.15, -0.1) is 0 Å². The molecule has 10 heteroatoms. The number of ether oxygens (including phenoxy) is 4.